The topological polar surface area (TPSA) is 109 Å². The zero-order valence-electron chi connectivity index (χ0n) is 13.0. The van der Waals surface area contributed by atoms with E-state index in [4.69, 9.17) is 0 Å². The van der Waals surface area contributed by atoms with E-state index in [9.17, 15) is 19.2 Å². The average Bonchev–Trinajstić information content (AvgIpc) is 2.97. The second kappa shape index (κ2) is 4.60. The number of nitrogens with zero attached hydrogens (tertiary/aromatic N) is 5. The Morgan fingerprint density at radius 3 is 2.33 bits per heavy atom. The molecule has 10 heteroatoms. The van der Waals surface area contributed by atoms with Crippen LogP contribution >= 0.6 is 0 Å². The molecule has 3 aromatic rings. The summed E-state index contributed by atoms with van der Waals surface area (Å²) < 4.78 is 5.72. The highest BCUT2D eigenvalue weighted by molar-refractivity contribution is 5.43. The van der Waals surface area contributed by atoms with Crippen LogP contribution in [0.15, 0.2) is 43.4 Å². The maximum Gasteiger partial charge on any atom is 0.351 e. The smallest absolute Gasteiger partial charge is 0.246 e. The summed E-state index contributed by atoms with van der Waals surface area (Å²) in [7, 11) is 2.77. The van der Waals surface area contributed by atoms with Crippen LogP contribution in [0.3, 0.4) is 0 Å². The minimum atomic E-state index is -0.595. The molecule has 1 aliphatic heterocycles. The first-order valence-electron chi connectivity index (χ1n) is 7.27. The molecule has 1 atom stereocenters. The lowest BCUT2D eigenvalue weighted by Gasteiger charge is -2.27. The van der Waals surface area contributed by atoms with Crippen LogP contribution in [-0.4, -0.2) is 28.3 Å². The number of hydrogen-bond donors (Lipinski definition) is 1. The van der Waals surface area contributed by atoms with E-state index in [0.29, 0.717) is 11.3 Å². The van der Waals surface area contributed by atoms with Crippen molar-refractivity contribution in [2.75, 3.05) is 0 Å². The zero-order valence-corrected chi connectivity index (χ0v) is 13.0. The SMILES string of the molecule is Cn1c(=O)[nH]n(C2Cn3c(=O)n(C)c(=O)n3-c3ccccc32)c1=O. The lowest BCUT2D eigenvalue weighted by atomic mass is 10.0. The number of aromatic amines is 1. The Hall–Kier alpha value is -3.30. The van der Waals surface area contributed by atoms with Crippen LogP contribution in [-0.2, 0) is 20.6 Å². The molecular weight excluding hydrogens is 316 g/mol. The molecule has 3 heterocycles. The van der Waals surface area contributed by atoms with Crippen LogP contribution in [0.1, 0.15) is 11.6 Å². The van der Waals surface area contributed by atoms with Crippen molar-refractivity contribution in [2.45, 2.75) is 12.6 Å². The Kier molecular flexibility index (Phi) is 2.74. The Labute approximate surface area is 133 Å². The van der Waals surface area contributed by atoms with Gasteiger partial charge in [0.25, 0.3) is 0 Å². The number of rotatable bonds is 1. The van der Waals surface area contributed by atoms with Crippen molar-refractivity contribution in [1.82, 2.24) is 28.3 Å². The number of nitrogens with one attached hydrogen (secondary N) is 1. The molecular formula is C14H14N6O4. The highest BCUT2D eigenvalue weighted by Gasteiger charge is 2.31. The van der Waals surface area contributed by atoms with Crippen molar-refractivity contribution < 1.29 is 0 Å². The van der Waals surface area contributed by atoms with E-state index in [2.05, 4.69) is 5.10 Å². The third-order valence-corrected chi connectivity index (χ3v) is 4.41. The molecule has 0 saturated carbocycles. The predicted octanol–water partition coefficient (Wildman–Crippen LogP) is -1.87. The predicted molar refractivity (Wildman–Crippen MR) is 83.7 cm³/mol. The second-order valence-electron chi connectivity index (χ2n) is 5.72. The molecule has 0 bridgehead atoms. The lowest BCUT2D eigenvalue weighted by Crippen LogP contribution is -2.39. The van der Waals surface area contributed by atoms with Crippen molar-refractivity contribution in [3.63, 3.8) is 0 Å². The third kappa shape index (κ3) is 1.64. The molecule has 0 fully saturated rings. The number of H-pyrrole nitrogens is 1. The van der Waals surface area contributed by atoms with Gasteiger partial charge in [-0.3, -0.25) is 0 Å². The van der Waals surface area contributed by atoms with Gasteiger partial charge in [-0.2, -0.15) is 4.68 Å². The fourth-order valence-electron chi connectivity index (χ4n) is 3.11. The molecule has 2 aromatic heterocycles. The summed E-state index contributed by atoms with van der Waals surface area (Å²) in [5.74, 6) is 0. The standard InChI is InChI=1S/C14H14N6O4/c1-16-11(21)15-19(13(16)23)10-7-18-12(22)17(2)14(24)20(18)9-6-4-3-5-8(9)10/h3-6,10H,7H2,1-2H3,(H,15,21). The number of para-hydroxylation sites is 1. The van der Waals surface area contributed by atoms with Crippen LogP contribution in [0.25, 0.3) is 5.69 Å². The Balaban J connectivity index is 2.07. The van der Waals surface area contributed by atoms with Crippen molar-refractivity contribution >= 4 is 0 Å². The first kappa shape index (κ1) is 14.3. The second-order valence-corrected chi connectivity index (χ2v) is 5.72. The van der Waals surface area contributed by atoms with Gasteiger partial charge in [0.1, 0.15) is 6.04 Å². The molecule has 10 nitrogen and oxygen atoms in total. The van der Waals surface area contributed by atoms with Crippen LogP contribution in [0.4, 0.5) is 0 Å². The molecule has 0 amide bonds. The van der Waals surface area contributed by atoms with Gasteiger partial charge in [0, 0.05) is 19.7 Å². The number of aromatic nitrogens is 6. The minimum Gasteiger partial charge on any atom is -0.246 e. The Morgan fingerprint density at radius 1 is 0.958 bits per heavy atom. The summed E-state index contributed by atoms with van der Waals surface area (Å²) in [6, 6.07) is 6.39. The molecule has 1 unspecified atom stereocenters. The molecule has 0 aliphatic carbocycles. The normalized spacial score (nSPS) is 16.0. The van der Waals surface area contributed by atoms with Gasteiger partial charge in [0.05, 0.1) is 12.2 Å². The summed E-state index contributed by atoms with van der Waals surface area (Å²) >= 11 is 0. The molecule has 4 rings (SSSR count). The molecule has 1 aromatic carbocycles. The van der Waals surface area contributed by atoms with Crippen molar-refractivity contribution in [1.29, 1.82) is 0 Å². The van der Waals surface area contributed by atoms with E-state index in [-0.39, 0.29) is 6.54 Å². The Morgan fingerprint density at radius 2 is 1.67 bits per heavy atom. The highest BCUT2D eigenvalue weighted by atomic mass is 16.2. The fraction of sp³-hybridized carbons (Fsp3) is 0.286. The Bertz CT molecular complexity index is 1200. The van der Waals surface area contributed by atoms with Gasteiger partial charge in [0.2, 0.25) is 0 Å². The molecule has 124 valence electrons. The van der Waals surface area contributed by atoms with E-state index in [1.165, 1.54) is 28.1 Å². The van der Waals surface area contributed by atoms with Gasteiger partial charge in [-0.25, -0.2) is 42.8 Å². The van der Waals surface area contributed by atoms with Gasteiger partial charge in [-0.05, 0) is 6.07 Å². The van der Waals surface area contributed by atoms with E-state index in [0.717, 1.165) is 9.13 Å². The largest absolute Gasteiger partial charge is 0.351 e. The van der Waals surface area contributed by atoms with E-state index < -0.39 is 28.8 Å². The molecule has 0 spiro atoms. The van der Waals surface area contributed by atoms with Crippen molar-refractivity contribution in [3.8, 4) is 5.69 Å². The number of hydrogen-bond acceptors (Lipinski definition) is 4. The lowest BCUT2D eigenvalue weighted by molar-refractivity contribution is 0.365. The van der Waals surface area contributed by atoms with E-state index in [1.54, 1.807) is 24.3 Å². The quantitative estimate of drug-likeness (QED) is 0.564. The molecule has 0 radical (unpaired) electrons. The molecule has 24 heavy (non-hydrogen) atoms. The summed E-state index contributed by atoms with van der Waals surface area (Å²) in [5.41, 5.74) is -0.812. The van der Waals surface area contributed by atoms with Gasteiger partial charge >= 0.3 is 22.8 Å². The van der Waals surface area contributed by atoms with E-state index in [1.807, 2.05) is 0 Å². The maximum absolute atomic E-state index is 12.3. The molecule has 0 saturated heterocycles. The first-order chi connectivity index (χ1) is 11.4. The van der Waals surface area contributed by atoms with Crippen molar-refractivity contribution in [3.05, 3.63) is 71.8 Å². The van der Waals surface area contributed by atoms with Crippen molar-refractivity contribution in [2.24, 2.45) is 14.1 Å². The number of benzene rings is 1. The third-order valence-electron chi connectivity index (χ3n) is 4.41. The first-order valence-corrected chi connectivity index (χ1v) is 7.27. The fourth-order valence-corrected chi connectivity index (χ4v) is 3.11. The maximum atomic E-state index is 12.3. The van der Waals surface area contributed by atoms with Gasteiger partial charge in [-0.15, -0.1) is 0 Å². The van der Waals surface area contributed by atoms with Gasteiger partial charge in [-0.1, -0.05) is 18.2 Å². The summed E-state index contributed by atoms with van der Waals surface area (Å²) in [5, 5.41) is 2.50. The monoisotopic (exact) mass is 330 g/mol. The minimum absolute atomic E-state index is 0.0613. The highest BCUT2D eigenvalue weighted by Crippen LogP contribution is 2.27. The molecule has 1 N–H and O–H groups in total. The van der Waals surface area contributed by atoms with E-state index >= 15 is 0 Å². The number of fused-ring (bicyclic) bond motifs is 3. The van der Waals surface area contributed by atoms with Crippen LogP contribution in [0, 0.1) is 0 Å². The summed E-state index contributed by atoms with van der Waals surface area (Å²) in [4.78, 5) is 48.7. The van der Waals surface area contributed by atoms with Gasteiger partial charge < -0.3 is 0 Å². The summed E-state index contributed by atoms with van der Waals surface area (Å²) in [6.45, 7) is 0.0613. The van der Waals surface area contributed by atoms with Crippen LogP contribution in [0.5, 0.6) is 0 Å². The van der Waals surface area contributed by atoms with Gasteiger partial charge in [0.15, 0.2) is 0 Å². The van der Waals surface area contributed by atoms with Crippen LogP contribution < -0.4 is 22.8 Å². The van der Waals surface area contributed by atoms with Crippen LogP contribution in [0.2, 0.25) is 0 Å². The average molecular weight is 330 g/mol. The molecule has 1 aliphatic rings. The summed E-state index contributed by atoms with van der Waals surface area (Å²) in [6.07, 6.45) is 0. The zero-order chi connectivity index (χ0) is 17.2.